The SMILES string of the molecule is CCCCCCC(C)OC(=O)c1ccc(I)c(I)c1I. The first-order chi connectivity index (χ1) is 9.47. The zero-order valence-corrected chi connectivity index (χ0v) is 18.2. The lowest BCUT2D eigenvalue weighted by Gasteiger charge is -2.14. The van der Waals surface area contributed by atoms with Gasteiger partial charge in [-0.05, 0) is 99.7 Å². The second-order valence-corrected chi connectivity index (χ2v) is 8.11. The molecule has 0 aliphatic rings. The van der Waals surface area contributed by atoms with E-state index in [2.05, 4.69) is 74.7 Å². The minimum absolute atomic E-state index is 0.00732. The molecular formula is C15H19I3O2. The Labute approximate surface area is 162 Å². The molecule has 0 aromatic heterocycles. The van der Waals surface area contributed by atoms with Gasteiger partial charge < -0.3 is 4.74 Å². The number of benzene rings is 1. The molecule has 0 amide bonds. The average Bonchev–Trinajstić information content (AvgIpc) is 2.41. The fourth-order valence-electron chi connectivity index (χ4n) is 1.85. The van der Waals surface area contributed by atoms with E-state index in [1.54, 1.807) is 0 Å². The first kappa shape index (κ1) is 18.9. The number of halogens is 3. The number of rotatable bonds is 7. The highest BCUT2D eigenvalue weighted by molar-refractivity contribution is 14.1. The fraction of sp³-hybridized carbons (Fsp3) is 0.533. The second-order valence-electron chi connectivity index (χ2n) is 4.79. The molecule has 0 bridgehead atoms. The van der Waals surface area contributed by atoms with E-state index in [0.717, 1.165) is 23.6 Å². The molecule has 0 saturated carbocycles. The lowest BCUT2D eigenvalue weighted by Crippen LogP contribution is -2.16. The monoisotopic (exact) mass is 612 g/mol. The number of ether oxygens (including phenoxy) is 1. The largest absolute Gasteiger partial charge is 0.459 e. The first-order valence-electron chi connectivity index (χ1n) is 6.81. The Balaban J connectivity index is 2.56. The van der Waals surface area contributed by atoms with Crippen LogP contribution >= 0.6 is 67.8 Å². The zero-order valence-electron chi connectivity index (χ0n) is 11.7. The van der Waals surface area contributed by atoms with Crippen LogP contribution in [0.5, 0.6) is 0 Å². The Kier molecular flexibility index (Phi) is 9.28. The van der Waals surface area contributed by atoms with Gasteiger partial charge >= 0.3 is 5.97 Å². The van der Waals surface area contributed by atoms with Gasteiger partial charge in [0.2, 0.25) is 0 Å². The molecule has 112 valence electrons. The van der Waals surface area contributed by atoms with Crippen molar-refractivity contribution in [3.05, 3.63) is 28.4 Å². The van der Waals surface area contributed by atoms with Gasteiger partial charge in [-0.2, -0.15) is 0 Å². The van der Waals surface area contributed by atoms with Crippen LogP contribution in [0.25, 0.3) is 0 Å². The molecule has 0 heterocycles. The van der Waals surface area contributed by atoms with E-state index in [-0.39, 0.29) is 12.1 Å². The second kappa shape index (κ2) is 9.81. The van der Waals surface area contributed by atoms with Crippen LogP contribution < -0.4 is 0 Å². The van der Waals surface area contributed by atoms with Crippen LogP contribution in [0.1, 0.15) is 56.3 Å². The lowest BCUT2D eigenvalue weighted by atomic mass is 10.1. The molecule has 20 heavy (non-hydrogen) atoms. The molecule has 0 aliphatic carbocycles. The third kappa shape index (κ3) is 5.94. The normalized spacial score (nSPS) is 12.2. The highest BCUT2D eigenvalue weighted by Crippen LogP contribution is 2.25. The summed E-state index contributed by atoms with van der Waals surface area (Å²) in [4.78, 5) is 12.2. The summed E-state index contributed by atoms with van der Waals surface area (Å²) in [5.41, 5.74) is 0.677. The van der Waals surface area contributed by atoms with Gasteiger partial charge in [0.25, 0.3) is 0 Å². The third-order valence-electron chi connectivity index (χ3n) is 3.03. The van der Waals surface area contributed by atoms with Gasteiger partial charge in [-0.15, -0.1) is 0 Å². The Bertz CT molecular complexity index is 461. The van der Waals surface area contributed by atoms with E-state index < -0.39 is 0 Å². The molecule has 1 rings (SSSR count). The Morgan fingerprint density at radius 2 is 1.85 bits per heavy atom. The molecule has 5 heteroatoms. The summed E-state index contributed by atoms with van der Waals surface area (Å²) in [6, 6.07) is 3.82. The molecule has 0 radical (unpaired) electrons. The molecule has 0 aliphatic heterocycles. The number of esters is 1. The zero-order chi connectivity index (χ0) is 15.1. The van der Waals surface area contributed by atoms with E-state index >= 15 is 0 Å². The van der Waals surface area contributed by atoms with Crippen molar-refractivity contribution in [2.75, 3.05) is 0 Å². The Morgan fingerprint density at radius 3 is 2.50 bits per heavy atom. The van der Waals surface area contributed by atoms with Gasteiger partial charge in [-0.1, -0.05) is 26.2 Å². The number of hydrogen-bond acceptors (Lipinski definition) is 2. The Morgan fingerprint density at radius 1 is 1.15 bits per heavy atom. The highest BCUT2D eigenvalue weighted by atomic mass is 127. The van der Waals surface area contributed by atoms with Crippen molar-refractivity contribution in [2.45, 2.75) is 52.1 Å². The fourth-order valence-corrected chi connectivity index (χ4v) is 3.97. The Hall–Kier alpha value is 0.880. The van der Waals surface area contributed by atoms with Gasteiger partial charge in [0.05, 0.1) is 11.7 Å². The summed E-state index contributed by atoms with van der Waals surface area (Å²) >= 11 is 6.77. The van der Waals surface area contributed by atoms with Gasteiger partial charge in [-0.25, -0.2) is 4.79 Å². The number of carbonyl (C=O) groups is 1. The van der Waals surface area contributed by atoms with Crippen LogP contribution in [0, 0.1) is 10.7 Å². The summed E-state index contributed by atoms with van der Waals surface area (Å²) in [7, 11) is 0. The number of unbranched alkanes of at least 4 members (excludes halogenated alkanes) is 3. The van der Waals surface area contributed by atoms with Crippen molar-refractivity contribution < 1.29 is 9.53 Å². The van der Waals surface area contributed by atoms with Crippen molar-refractivity contribution >= 4 is 73.7 Å². The van der Waals surface area contributed by atoms with Crippen LogP contribution in [0.4, 0.5) is 0 Å². The summed E-state index contributed by atoms with van der Waals surface area (Å²) < 4.78 is 8.81. The van der Waals surface area contributed by atoms with Gasteiger partial charge in [0.15, 0.2) is 0 Å². The summed E-state index contributed by atoms with van der Waals surface area (Å²) in [5.74, 6) is -0.202. The molecule has 2 nitrogen and oxygen atoms in total. The molecule has 1 unspecified atom stereocenters. The standard InChI is InChI=1S/C15H19I3O2/c1-3-4-5-6-7-10(2)20-15(19)11-8-9-12(16)14(18)13(11)17/h8-10H,3-7H2,1-2H3. The maximum atomic E-state index is 12.2. The maximum absolute atomic E-state index is 12.2. The van der Waals surface area contributed by atoms with Crippen molar-refractivity contribution in [1.29, 1.82) is 0 Å². The summed E-state index contributed by atoms with van der Waals surface area (Å²) in [5, 5.41) is 0. The van der Waals surface area contributed by atoms with E-state index in [4.69, 9.17) is 4.74 Å². The molecule has 1 atom stereocenters. The molecular weight excluding hydrogens is 593 g/mol. The van der Waals surface area contributed by atoms with Crippen molar-refractivity contribution in [1.82, 2.24) is 0 Å². The molecule has 1 aromatic rings. The predicted molar refractivity (Wildman–Crippen MR) is 108 cm³/mol. The first-order valence-corrected chi connectivity index (χ1v) is 10.1. The van der Waals surface area contributed by atoms with E-state index in [9.17, 15) is 4.79 Å². The van der Waals surface area contributed by atoms with Crippen molar-refractivity contribution in [2.24, 2.45) is 0 Å². The minimum Gasteiger partial charge on any atom is -0.459 e. The topological polar surface area (TPSA) is 26.3 Å². The molecule has 0 fully saturated rings. The van der Waals surface area contributed by atoms with Crippen molar-refractivity contribution in [3.63, 3.8) is 0 Å². The molecule has 1 aromatic carbocycles. The van der Waals surface area contributed by atoms with E-state index in [1.807, 2.05) is 19.1 Å². The van der Waals surface area contributed by atoms with Crippen LogP contribution in [0.3, 0.4) is 0 Å². The number of carbonyl (C=O) groups excluding carboxylic acids is 1. The van der Waals surface area contributed by atoms with Crippen LogP contribution in [0.2, 0.25) is 0 Å². The van der Waals surface area contributed by atoms with Gasteiger partial charge in [-0.3, -0.25) is 0 Å². The van der Waals surface area contributed by atoms with Crippen LogP contribution in [0.15, 0.2) is 12.1 Å². The predicted octanol–water partition coefficient (Wildman–Crippen LogP) is 6.02. The van der Waals surface area contributed by atoms with Gasteiger partial charge in [0.1, 0.15) is 0 Å². The van der Waals surface area contributed by atoms with Crippen LogP contribution in [-0.4, -0.2) is 12.1 Å². The van der Waals surface area contributed by atoms with E-state index in [1.165, 1.54) is 19.3 Å². The van der Waals surface area contributed by atoms with E-state index in [0.29, 0.717) is 5.56 Å². The molecule has 0 N–H and O–H groups in total. The minimum atomic E-state index is -0.202. The molecule has 0 spiro atoms. The third-order valence-corrected chi connectivity index (χ3v) is 8.23. The smallest absolute Gasteiger partial charge is 0.339 e. The summed E-state index contributed by atoms with van der Waals surface area (Å²) in [6.07, 6.45) is 5.78. The quantitative estimate of drug-likeness (QED) is 0.163. The maximum Gasteiger partial charge on any atom is 0.339 e. The highest BCUT2D eigenvalue weighted by Gasteiger charge is 2.17. The van der Waals surface area contributed by atoms with Crippen molar-refractivity contribution in [3.8, 4) is 0 Å². The summed E-state index contributed by atoms with van der Waals surface area (Å²) in [6.45, 7) is 4.18. The van der Waals surface area contributed by atoms with Crippen LogP contribution in [-0.2, 0) is 4.74 Å². The average molecular weight is 612 g/mol. The lowest BCUT2D eigenvalue weighted by molar-refractivity contribution is 0.0318. The molecule has 0 saturated heterocycles. The van der Waals surface area contributed by atoms with Gasteiger partial charge in [0, 0.05) is 10.7 Å². The number of hydrogen-bond donors (Lipinski definition) is 0.